The molecule has 0 radical (unpaired) electrons. The Balaban J connectivity index is 0.00000264. The topological polar surface area (TPSA) is 56.7 Å². The summed E-state index contributed by atoms with van der Waals surface area (Å²) in [4.78, 5) is 4.64. The lowest BCUT2D eigenvalue weighted by Crippen LogP contribution is -2.45. The quantitative estimate of drug-likeness (QED) is 0.365. The highest BCUT2D eigenvalue weighted by Crippen LogP contribution is 2.18. The zero-order valence-electron chi connectivity index (χ0n) is 13.6. The molecule has 6 heteroatoms. The maximum Gasteiger partial charge on any atom is 0.191 e. The molecule has 0 spiro atoms. The molecule has 0 heterocycles. The number of hydrogen-bond acceptors (Lipinski definition) is 2. The highest BCUT2D eigenvalue weighted by Gasteiger charge is 2.19. The summed E-state index contributed by atoms with van der Waals surface area (Å²) in [6.45, 7) is 3.64. The summed E-state index contributed by atoms with van der Waals surface area (Å²) in [7, 11) is 0. The van der Waals surface area contributed by atoms with E-state index in [4.69, 9.17) is 11.6 Å². The molecule has 2 rings (SSSR count). The summed E-state index contributed by atoms with van der Waals surface area (Å²) in [5.74, 6) is 0.867. The van der Waals surface area contributed by atoms with Gasteiger partial charge in [-0.05, 0) is 56.7 Å². The first kappa shape index (κ1) is 20.5. The summed E-state index contributed by atoms with van der Waals surface area (Å²) >= 11 is 6.00. The molecule has 0 atom stereocenters. The van der Waals surface area contributed by atoms with E-state index < -0.39 is 0 Å². The van der Waals surface area contributed by atoms with Gasteiger partial charge in [0.2, 0.25) is 0 Å². The van der Waals surface area contributed by atoms with E-state index in [0.717, 1.165) is 56.2 Å². The van der Waals surface area contributed by atoms with Gasteiger partial charge in [0.1, 0.15) is 0 Å². The molecule has 1 aromatic rings. The van der Waals surface area contributed by atoms with Crippen LogP contribution in [0, 0.1) is 0 Å². The van der Waals surface area contributed by atoms with Crippen molar-refractivity contribution in [3.8, 4) is 0 Å². The van der Waals surface area contributed by atoms with E-state index in [2.05, 4.69) is 28.6 Å². The van der Waals surface area contributed by atoms with Crippen molar-refractivity contribution in [1.82, 2.24) is 10.6 Å². The Kier molecular flexibility index (Phi) is 9.90. The molecule has 0 bridgehead atoms. The predicted molar refractivity (Wildman–Crippen MR) is 108 cm³/mol. The van der Waals surface area contributed by atoms with Crippen LogP contribution in [0.5, 0.6) is 0 Å². The molecule has 1 fully saturated rings. The zero-order chi connectivity index (χ0) is 15.8. The molecular formula is C17H27ClIN3O. The molecule has 1 aliphatic rings. The number of halogens is 2. The molecule has 1 saturated carbocycles. The fraction of sp³-hybridized carbons (Fsp3) is 0.588. The monoisotopic (exact) mass is 451 g/mol. The third kappa shape index (κ3) is 7.72. The van der Waals surface area contributed by atoms with Crippen LogP contribution in [0.15, 0.2) is 29.3 Å². The Morgan fingerprint density at radius 2 is 2.04 bits per heavy atom. The number of benzene rings is 1. The molecule has 0 amide bonds. The number of aliphatic hydroxyl groups excluding tert-OH is 1. The number of aliphatic hydroxyl groups is 1. The van der Waals surface area contributed by atoms with Crippen molar-refractivity contribution in [2.45, 2.75) is 51.2 Å². The summed E-state index contributed by atoms with van der Waals surface area (Å²) < 4.78 is 0. The van der Waals surface area contributed by atoms with Gasteiger partial charge < -0.3 is 15.7 Å². The van der Waals surface area contributed by atoms with Crippen LogP contribution in [0.25, 0.3) is 0 Å². The van der Waals surface area contributed by atoms with Crippen molar-refractivity contribution in [1.29, 1.82) is 0 Å². The molecule has 0 unspecified atom stereocenters. The Bertz CT molecular complexity index is 490. The van der Waals surface area contributed by atoms with Crippen molar-refractivity contribution in [3.05, 3.63) is 34.9 Å². The number of nitrogens with zero attached hydrogens (tertiary/aromatic N) is 1. The lowest BCUT2D eigenvalue weighted by molar-refractivity contribution is 0.120. The maximum absolute atomic E-state index is 9.57. The van der Waals surface area contributed by atoms with Gasteiger partial charge in [-0.3, -0.25) is 4.99 Å². The van der Waals surface area contributed by atoms with Gasteiger partial charge in [-0.1, -0.05) is 23.7 Å². The molecule has 0 saturated heterocycles. The van der Waals surface area contributed by atoms with Crippen LogP contribution in [0.1, 0.15) is 38.2 Å². The van der Waals surface area contributed by atoms with Gasteiger partial charge in [0.05, 0.1) is 6.10 Å². The van der Waals surface area contributed by atoms with Crippen LogP contribution in [-0.2, 0) is 6.42 Å². The van der Waals surface area contributed by atoms with E-state index in [-0.39, 0.29) is 30.1 Å². The number of guanidine groups is 1. The van der Waals surface area contributed by atoms with Crippen molar-refractivity contribution in [2.75, 3.05) is 13.1 Å². The zero-order valence-corrected chi connectivity index (χ0v) is 16.7. The van der Waals surface area contributed by atoms with E-state index in [1.165, 1.54) is 5.56 Å². The highest BCUT2D eigenvalue weighted by molar-refractivity contribution is 14.0. The highest BCUT2D eigenvalue weighted by atomic mass is 127. The second kappa shape index (κ2) is 11.1. The van der Waals surface area contributed by atoms with E-state index >= 15 is 0 Å². The molecule has 3 N–H and O–H groups in total. The minimum Gasteiger partial charge on any atom is -0.393 e. The second-order valence-electron chi connectivity index (χ2n) is 5.79. The van der Waals surface area contributed by atoms with E-state index in [1.807, 2.05) is 18.2 Å². The average Bonchev–Trinajstić information content (AvgIpc) is 2.50. The van der Waals surface area contributed by atoms with Crippen LogP contribution >= 0.6 is 35.6 Å². The third-order valence-corrected chi connectivity index (χ3v) is 4.18. The van der Waals surface area contributed by atoms with Gasteiger partial charge in [-0.2, -0.15) is 0 Å². The minimum absolute atomic E-state index is 0. The predicted octanol–water partition coefficient (Wildman–Crippen LogP) is 3.36. The standard InChI is InChI=1S/C17H26ClN3O.HI/c1-2-19-17(21-15-6-8-16(22)9-7-15)20-11-10-13-4-3-5-14(18)12-13;/h3-5,12,15-16,22H,2,6-11H2,1H3,(H2,19,20,21);1H. The summed E-state index contributed by atoms with van der Waals surface area (Å²) in [5.41, 5.74) is 1.20. The molecule has 0 aromatic heterocycles. The first-order valence-corrected chi connectivity index (χ1v) is 8.52. The molecule has 130 valence electrons. The molecular weight excluding hydrogens is 425 g/mol. The Morgan fingerprint density at radius 3 is 2.70 bits per heavy atom. The average molecular weight is 452 g/mol. The lowest BCUT2D eigenvalue weighted by Gasteiger charge is -2.27. The SMILES string of the molecule is CCNC(=NCCc1cccc(Cl)c1)NC1CCC(O)CC1.I. The summed E-state index contributed by atoms with van der Waals surface area (Å²) in [5, 5.41) is 17.1. The van der Waals surface area contributed by atoms with E-state index in [9.17, 15) is 5.11 Å². The van der Waals surface area contributed by atoms with Gasteiger partial charge in [0.25, 0.3) is 0 Å². The second-order valence-corrected chi connectivity index (χ2v) is 6.23. The van der Waals surface area contributed by atoms with Gasteiger partial charge in [0.15, 0.2) is 5.96 Å². The van der Waals surface area contributed by atoms with Crippen molar-refractivity contribution in [3.63, 3.8) is 0 Å². The normalized spacial score (nSPS) is 21.4. The van der Waals surface area contributed by atoms with Gasteiger partial charge in [0, 0.05) is 24.2 Å². The van der Waals surface area contributed by atoms with Gasteiger partial charge in [-0.25, -0.2) is 0 Å². The lowest BCUT2D eigenvalue weighted by atomic mass is 9.93. The van der Waals surface area contributed by atoms with Gasteiger partial charge in [-0.15, -0.1) is 24.0 Å². The number of hydrogen-bond donors (Lipinski definition) is 3. The third-order valence-electron chi connectivity index (χ3n) is 3.94. The Morgan fingerprint density at radius 1 is 1.30 bits per heavy atom. The maximum atomic E-state index is 9.57. The smallest absolute Gasteiger partial charge is 0.191 e. The van der Waals surface area contributed by atoms with Crippen molar-refractivity contribution < 1.29 is 5.11 Å². The largest absolute Gasteiger partial charge is 0.393 e. The van der Waals surface area contributed by atoms with Gasteiger partial charge >= 0.3 is 0 Å². The Labute approximate surface area is 161 Å². The summed E-state index contributed by atoms with van der Waals surface area (Å²) in [6.07, 6.45) is 4.50. The molecule has 23 heavy (non-hydrogen) atoms. The number of nitrogens with one attached hydrogen (secondary N) is 2. The first-order chi connectivity index (χ1) is 10.7. The van der Waals surface area contributed by atoms with Crippen LogP contribution in [0.2, 0.25) is 5.02 Å². The van der Waals surface area contributed by atoms with Crippen molar-refractivity contribution >= 4 is 41.5 Å². The van der Waals surface area contributed by atoms with Crippen LogP contribution < -0.4 is 10.6 Å². The van der Waals surface area contributed by atoms with E-state index in [0.29, 0.717) is 6.04 Å². The molecule has 0 aliphatic heterocycles. The first-order valence-electron chi connectivity index (χ1n) is 8.14. The van der Waals surface area contributed by atoms with Crippen LogP contribution in [-0.4, -0.2) is 36.3 Å². The van der Waals surface area contributed by atoms with E-state index in [1.54, 1.807) is 0 Å². The van der Waals surface area contributed by atoms with Crippen LogP contribution in [0.4, 0.5) is 0 Å². The van der Waals surface area contributed by atoms with Crippen molar-refractivity contribution in [2.24, 2.45) is 4.99 Å². The molecule has 1 aliphatic carbocycles. The minimum atomic E-state index is -0.125. The number of aliphatic imine (C=N–C) groups is 1. The molecule has 4 nitrogen and oxygen atoms in total. The fourth-order valence-corrected chi connectivity index (χ4v) is 2.94. The summed E-state index contributed by atoms with van der Waals surface area (Å²) in [6, 6.07) is 8.33. The van der Waals surface area contributed by atoms with Crippen LogP contribution in [0.3, 0.4) is 0 Å². The Hall–Kier alpha value is -0.530. The number of rotatable bonds is 5. The molecule has 1 aromatic carbocycles. The fourth-order valence-electron chi connectivity index (χ4n) is 2.72.